The molecule has 472 valence electrons. The number of amides is 1. The molecule has 23 nitrogen and oxygen atoms in total. The first-order valence-corrected chi connectivity index (χ1v) is 32.9. The standard InChI is InChI=1S/C16H27N3O3.C9H16O3.C5H10N2O.C5H10O2.C4H7NO2.C4H6O3.C3H9ClSi.C3H6O2.C3H8O.CH3I.CH4.Mg/c1-2-3-4-5-6-7-8-10-16(18-19-16)12-14(20)17-13-9-11-22-15(13)21;1-5-7(10)6-8(11)12-9(2,3)4;1-2-5(3-4-8)6-7-5;1-2-5(7)3-4-6;5-3-1-2-7-4(3)6;1-3(5)2-4(6)7;1-5(2,3)4;1-2-3(4)5;1-2-3-4;1-2;;/h13H,2-12H2,1H3,(H,17,20);5-6H2,1-4H3;8H,2-4H2,1H3;6H,2-4H2,1H3;3H,1-2,5H2;2,5H,1H3,(H,6,7);1-3H3;2H2,1H3,(H,4,5);4H,2-3H2,1H3;1H3;1H4;/q;;;;;;;;;;;+2/p-2/b;;;;;3-2-;;;;;;/t13-;;;;3-;;;;;;;/m0...0......./s1/i;;;;;;;;;1D;;. The topological polar surface area (TPSA) is 379 Å². The van der Waals surface area contributed by atoms with Crippen molar-refractivity contribution < 1.29 is 84.6 Å². The summed E-state index contributed by atoms with van der Waals surface area (Å²) in [4.78, 5) is 84.8. The number of ether oxygens (including phenoxy) is 3. The zero-order valence-corrected chi connectivity index (χ0v) is 55.7. The van der Waals surface area contributed by atoms with Crippen molar-refractivity contribution in [3.63, 3.8) is 0 Å². The number of halogens is 2. The molecule has 0 radical (unpaired) electrons. The number of Topliss-reactive ketones (excluding diaryl/α,β-unsaturated/α-hetero) is 2. The Bertz CT molecular complexity index is 1770. The van der Waals surface area contributed by atoms with Gasteiger partial charge in [-0.1, -0.05) is 143 Å². The average Bonchev–Trinajstić information content (AvgIpc) is 4.24. The molecule has 27 heteroatoms. The molecule has 4 aliphatic rings. The van der Waals surface area contributed by atoms with Gasteiger partial charge in [-0.3, -0.25) is 28.8 Å². The number of rotatable bonds is 23. The average molecular weight is 1330 g/mol. The Morgan fingerprint density at radius 2 is 1.25 bits per heavy atom. The van der Waals surface area contributed by atoms with E-state index in [2.05, 4.69) is 57.1 Å². The number of allylic oxidation sites excluding steroid dienone is 1. The van der Waals surface area contributed by atoms with Gasteiger partial charge >= 0.3 is 46.9 Å². The van der Waals surface area contributed by atoms with Gasteiger partial charge in [0.05, 0.1) is 25.6 Å². The number of aliphatic hydroxyl groups is 3. The van der Waals surface area contributed by atoms with E-state index in [1.54, 1.807) is 41.5 Å². The van der Waals surface area contributed by atoms with E-state index < -0.39 is 48.4 Å². The molecule has 0 unspecified atom stereocenters. The van der Waals surface area contributed by atoms with Crippen LogP contribution in [0.5, 0.6) is 0 Å². The first kappa shape index (κ1) is 91.5. The van der Waals surface area contributed by atoms with Gasteiger partial charge in [0.15, 0.2) is 11.3 Å². The van der Waals surface area contributed by atoms with Crippen LogP contribution in [0.1, 0.15) is 200 Å². The van der Waals surface area contributed by atoms with Gasteiger partial charge < -0.3 is 60.7 Å². The fourth-order valence-corrected chi connectivity index (χ4v) is 5.13. The summed E-state index contributed by atoms with van der Waals surface area (Å²) in [6.45, 7) is 25.4. The number of alkyl halides is 1. The van der Waals surface area contributed by atoms with Crippen LogP contribution in [0.2, 0.25) is 19.6 Å². The van der Waals surface area contributed by atoms with Crippen molar-refractivity contribution in [1.29, 1.82) is 0 Å². The Balaban J connectivity index is -0.000000132. The largest absolute Gasteiger partial charge is 2.00 e. The number of nitrogens with zero attached hydrogens (tertiary/aromatic N) is 4. The molecule has 0 aromatic rings. The second kappa shape index (κ2) is 58.5. The Kier molecular flexibility index (Phi) is 66.1. The molecule has 0 aromatic heterocycles. The molecule has 1 amide bonds. The van der Waals surface area contributed by atoms with Gasteiger partial charge in [0.1, 0.15) is 43.1 Å². The van der Waals surface area contributed by atoms with Crippen molar-refractivity contribution in [3.05, 3.63) is 11.8 Å². The maximum Gasteiger partial charge on any atom is 2.00 e. The van der Waals surface area contributed by atoms with Crippen molar-refractivity contribution in [2.45, 2.75) is 247 Å². The molecule has 0 aromatic carbocycles. The van der Waals surface area contributed by atoms with E-state index in [0.717, 1.165) is 32.6 Å². The Hall–Kier alpha value is -3.26. The SMILES string of the molecule is C.C/C([O-])=C/C(=O)[O-].CCC(=O)CC(=O)OC(C)(C)C.CCC(=O)CCO.CCC(=O)O.CCC1(CCO)N=N1.CCCCCCCCCC1(CC(=O)N[C@H]2CCOC2=O)N=N1.CCCO.C[Si](C)(C)Cl.N[C@H]1CCOC1=O.[2H]CI.[Mg+2]. The van der Waals surface area contributed by atoms with E-state index in [0.29, 0.717) is 69.3 Å². The van der Waals surface area contributed by atoms with Crippen LogP contribution in [-0.4, -0.2) is 165 Å². The van der Waals surface area contributed by atoms with Gasteiger partial charge in [-0.15, -0.1) is 5.76 Å². The second-order valence-electron chi connectivity index (χ2n) is 19.5. The van der Waals surface area contributed by atoms with Gasteiger partial charge in [-0.25, -0.2) is 4.79 Å². The van der Waals surface area contributed by atoms with Crippen LogP contribution in [0.25, 0.3) is 0 Å². The fourth-order valence-electron chi connectivity index (χ4n) is 5.13. The van der Waals surface area contributed by atoms with Crippen molar-refractivity contribution in [3.8, 4) is 0 Å². The summed E-state index contributed by atoms with van der Waals surface area (Å²) in [5.74, 6) is -3.82. The maximum absolute atomic E-state index is 12.0. The van der Waals surface area contributed by atoms with E-state index in [1.807, 2.05) is 36.4 Å². The monoisotopic (exact) mass is 1320 g/mol. The Morgan fingerprint density at radius 3 is 1.49 bits per heavy atom. The number of carbonyl (C=O) groups is 8. The summed E-state index contributed by atoms with van der Waals surface area (Å²) >= 11 is 7.62. The quantitative estimate of drug-likeness (QED) is 0.00548. The number of nitrogens with two attached hydrogens (primary N) is 1. The van der Waals surface area contributed by atoms with Gasteiger partial charge in [0.25, 0.3) is 0 Å². The summed E-state index contributed by atoms with van der Waals surface area (Å²) in [6.07, 6.45) is 15.4. The minimum absolute atomic E-state index is 0. The molecule has 4 rings (SSSR count). The van der Waals surface area contributed by atoms with E-state index in [1.165, 1.54) is 38.5 Å². The van der Waals surface area contributed by atoms with Crippen molar-refractivity contribution in [1.82, 2.24) is 5.32 Å². The molecule has 0 aliphatic carbocycles. The Labute approximate surface area is 521 Å². The van der Waals surface area contributed by atoms with E-state index >= 15 is 0 Å². The summed E-state index contributed by atoms with van der Waals surface area (Å²) in [5.41, 5.74) is 4.05. The zero-order valence-electron chi connectivity index (χ0n) is 51.3. The summed E-state index contributed by atoms with van der Waals surface area (Å²) in [5, 5.41) is 69.9. The van der Waals surface area contributed by atoms with Crippen LogP contribution in [-0.2, 0) is 52.6 Å². The molecular formula is C54H104ClIMgN6O17Si. The Morgan fingerprint density at radius 1 is 0.802 bits per heavy atom. The van der Waals surface area contributed by atoms with Gasteiger partial charge in [0.2, 0.25) is 5.91 Å². The molecule has 2 atom stereocenters. The number of carboxylic acid groups (broad SMARTS) is 2. The molecule has 0 spiro atoms. The molecule has 4 aliphatic heterocycles. The number of aliphatic carboxylic acids is 2. The van der Waals surface area contributed by atoms with Crippen molar-refractivity contribution >= 4 is 111 Å². The molecule has 0 saturated carbocycles. The third kappa shape index (κ3) is 74.7. The number of aliphatic hydroxyl groups excluding tert-OH is 3. The molecule has 2 fully saturated rings. The van der Waals surface area contributed by atoms with Crippen LogP contribution in [0.15, 0.2) is 32.3 Å². The molecule has 0 bridgehead atoms. The van der Waals surface area contributed by atoms with E-state index in [-0.39, 0.29) is 104 Å². The predicted octanol–water partition coefficient (Wildman–Crippen LogP) is 7.59. The van der Waals surface area contributed by atoms with Crippen molar-refractivity contribution in [2.75, 3.05) is 37.9 Å². The first-order chi connectivity index (χ1) is 37.2. The predicted molar refractivity (Wildman–Crippen MR) is 324 cm³/mol. The molecule has 4 heterocycles. The van der Waals surface area contributed by atoms with E-state index in [9.17, 15) is 48.6 Å². The number of nitrogens with one attached hydrogen (secondary N) is 1. The number of ketones is 2. The third-order valence-corrected chi connectivity index (χ3v) is 9.50. The van der Waals surface area contributed by atoms with Gasteiger partial charge in [0, 0.05) is 66.1 Å². The second-order valence-corrected chi connectivity index (χ2v) is 27.0. The summed E-state index contributed by atoms with van der Waals surface area (Å²) in [6, 6.07) is -0.832. The maximum atomic E-state index is 12.0. The number of hydrogen-bond acceptors (Lipinski definition) is 21. The molecular weight excluding hydrogens is 1220 g/mol. The van der Waals surface area contributed by atoms with Crippen LogP contribution in [0.3, 0.4) is 0 Å². The van der Waals surface area contributed by atoms with Gasteiger partial charge in [-0.2, -0.15) is 31.5 Å². The number of hydrogen-bond donors (Lipinski definition) is 6. The van der Waals surface area contributed by atoms with Crippen LogP contribution in [0, 0.1) is 0 Å². The van der Waals surface area contributed by atoms with Crippen molar-refractivity contribution in [2.24, 2.45) is 26.2 Å². The third-order valence-electron chi connectivity index (χ3n) is 9.50. The number of cyclic esters (lactones) is 2. The van der Waals surface area contributed by atoms with Crippen LogP contribution < -0.4 is 21.3 Å². The number of esters is 3. The minimum Gasteiger partial charge on any atom is -0.876 e. The van der Waals surface area contributed by atoms with Gasteiger partial charge in [-0.05, 0) is 51.4 Å². The smallest absolute Gasteiger partial charge is 0.876 e. The van der Waals surface area contributed by atoms with Crippen LogP contribution >= 0.6 is 33.7 Å². The summed E-state index contributed by atoms with van der Waals surface area (Å²) < 4.78 is 20.5. The zero-order chi connectivity index (χ0) is 63.4. The molecule has 2 saturated heterocycles. The first-order valence-electron chi connectivity index (χ1n) is 27.5. The minimum atomic E-state index is -1.44. The summed E-state index contributed by atoms with van der Waals surface area (Å²) in [7, 11) is -1.14. The number of carboxylic acids is 2. The molecule has 7 N–H and O–H groups in total. The normalized spacial score (nSPS) is 15.8. The van der Waals surface area contributed by atoms with Crippen LogP contribution in [0.4, 0.5) is 0 Å². The number of carbonyl (C=O) groups excluding carboxylic acids is 7. The molecule has 81 heavy (non-hydrogen) atoms. The number of unbranched alkanes of at least 4 members (excludes halogenated alkanes) is 6. The van der Waals surface area contributed by atoms with E-state index in [4.69, 9.17) is 48.1 Å². The fraction of sp³-hybridized carbons (Fsp3) is 0.815.